The van der Waals surface area contributed by atoms with Gasteiger partial charge in [0.15, 0.2) is 0 Å². The van der Waals surface area contributed by atoms with Crippen molar-refractivity contribution < 1.29 is 0 Å². The molecule has 1 saturated heterocycles. The van der Waals surface area contributed by atoms with Crippen molar-refractivity contribution >= 4 is 0 Å². The van der Waals surface area contributed by atoms with E-state index in [1.807, 2.05) is 0 Å². The lowest BCUT2D eigenvalue weighted by molar-refractivity contribution is 0.101. The molecular weight excluding hydrogens is 246 g/mol. The van der Waals surface area contributed by atoms with E-state index >= 15 is 0 Å². The molecule has 0 aromatic carbocycles. The van der Waals surface area contributed by atoms with Crippen molar-refractivity contribution in [2.75, 3.05) is 45.8 Å². The Labute approximate surface area is 126 Å². The number of hydrogen-bond acceptors (Lipinski definition) is 3. The van der Waals surface area contributed by atoms with E-state index in [1.165, 1.54) is 84.3 Å². The van der Waals surface area contributed by atoms with E-state index in [-0.39, 0.29) is 0 Å². The van der Waals surface area contributed by atoms with E-state index in [2.05, 4.69) is 29.0 Å². The molecule has 0 bridgehead atoms. The van der Waals surface area contributed by atoms with Gasteiger partial charge in [0.25, 0.3) is 0 Å². The molecule has 1 atom stereocenters. The van der Waals surface area contributed by atoms with Gasteiger partial charge in [0.2, 0.25) is 0 Å². The molecule has 3 heteroatoms. The molecular formula is C17H35N3. The van der Waals surface area contributed by atoms with Crippen LogP contribution in [0.5, 0.6) is 0 Å². The summed E-state index contributed by atoms with van der Waals surface area (Å²) in [6, 6.07) is 0.765. The maximum atomic E-state index is 3.69. The molecule has 1 N–H and O–H groups in total. The second kappa shape index (κ2) is 9.01. The molecule has 0 amide bonds. The van der Waals surface area contributed by atoms with E-state index in [9.17, 15) is 0 Å². The molecule has 1 aliphatic heterocycles. The molecule has 2 fully saturated rings. The Balaban J connectivity index is 1.50. The van der Waals surface area contributed by atoms with Gasteiger partial charge >= 0.3 is 0 Å². The first-order valence-electron chi connectivity index (χ1n) is 8.96. The number of piperazine rings is 1. The monoisotopic (exact) mass is 281 g/mol. The maximum Gasteiger partial charge on any atom is 0.0113 e. The van der Waals surface area contributed by atoms with Gasteiger partial charge in [0.05, 0.1) is 0 Å². The van der Waals surface area contributed by atoms with Gasteiger partial charge in [-0.2, -0.15) is 0 Å². The van der Waals surface area contributed by atoms with E-state index < -0.39 is 0 Å². The van der Waals surface area contributed by atoms with Crippen LogP contribution in [0.4, 0.5) is 0 Å². The summed E-state index contributed by atoms with van der Waals surface area (Å²) >= 11 is 0. The van der Waals surface area contributed by atoms with Crippen LogP contribution in [0.15, 0.2) is 0 Å². The molecule has 0 spiro atoms. The highest BCUT2D eigenvalue weighted by Crippen LogP contribution is 2.22. The van der Waals surface area contributed by atoms with Crippen LogP contribution in [-0.2, 0) is 0 Å². The topological polar surface area (TPSA) is 18.5 Å². The summed E-state index contributed by atoms with van der Waals surface area (Å²) in [7, 11) is 0. The van der Waals surface area contributed by atoms with Crippen molar-refractivity contribution in [3.05, 3.63) is 0 Å². The predicted octanol–water partition coefficient (Wildman–Crippen LogP) is 2.57. The van der Waals surface area contributed by atoms with E-state index in [0.29, 0.717) is 0 Å². The summed E-state index contributed by atoms with van der Waals surface area (Å²) in [6.45, 7) is 13.4. The third-order valence-corrected chi connectivity index (χ3v) is 5.38. The number of nitrogens with one attached hydrogen (secondary N) is 1. The van der Waals surface area contributed by atoms with Gasteiger partial charge in [-0.3, -0.25) is 9.80 Å². The Morgan fingerprint density at radius 3 is 2.40 bits per heavy atom. The molecule has 20 heavy (non-hydrogen) atoms. The standard InChI is InChI=1S/C17H35N3/c1-3-16(2)20-13-11-19(12-14-20)10-9-18-15-17-7-5-4-6-8-17/h16-18H,3-15H2,1-2H3. The largest absolute Gasteiger partial charge is 0.315 e. The predicted molar refractivity (Wildman–Crippen MR) is 87.2 cm³/mol. The number of nitrogens with zero attached hydrogens (tertiary/aromatic N) is 2. The van der Waals surface area contributed by atoms with Crippen molar-refractivity contribution in [2.45, 2.75) is 58.4 Å². The van der Waals surface area contributed by atoms with Crippen LogP contribution in [0.2, 0.25) is 0 Å². The molecule has 3 nitrogen and oxygen atoms in total. The highest BCUT2D eigenvalue weighted by atomic mass is 15.3. The van der Waals surface area contributed by atoms with E-state index in [4.69, 9.17) is 0 Å². The smallest absolute Gasteiger partial charge is 0.0113 e. The lowest BCUT2D eigenvalue weighted by atomic mass is 9.89. The summed E-state index contributed by atoms with van der Waals surface area (Å²) in [5.74, 6) is 0.964. The molecule has 1 heterocycles. The van der Waals surface area contributed by atoms with Crippen LogP contribution < -0.4 is 5.32 Å². The van der Waals surface area contributed by atoms with Gasteiger partial charge in [0.1, 0.15) is 0 Å². The van der Waals surface area contributed by atoms with Crippen LogP contribution in [0.1, 0.15) is 52.4 Å². The molecule has 1 aliphatic carbocycles. The van der Waals surface area contributed by atoms with E-state index in [1.54, 1.807) is 0 Å². The average Bonchev–Trinajstić information content (AvgIpc) is 2.52. The first-order valence-corrected chi connectivity index (χ1v) is 8.96. The third-order valence-electron chi connectivity index (χ3n) is 5.38. The van der Waals surface area contributed by atoms with Crippen molar-refractivity contribution in [3.8, 4) is 0 Å². The first kappa shape index (κ1) is 16.3. The normalized spacial score (nSPS) is 24.9. The molecule has 0 aromatic heterocycles. The molecule has 2 rings (SSSR count). The minimum Gasteiger partial charge on any atom is -0.315 e. The second-order valence-electron chi connectivity index (χ2n) is 6.84. The van der Waals surface area contributed by atoms with Gasteiger partial charge in [-0.15, -0.1) is 0 Å². The number of hydrogen-bond donors (Lipinski definition) is 1. The zero-order valence-electron chi connectivity index (χ0n) is 13.7. The Morgan fingerprint density at radius 1 is 1.05 bits per heavy atom. The van der Waals surface area contributed by atoms with Crippen LogP contribution in [0.25, 0.3) is 0 Å². The highest BCUT2D eigenvalue weighted by molar-refractivity contribution is 4.76. The Morgan fingerprint density at radius 2 is 1.75 bits per heavy atom. The third kappa shape index (κ3) is 5.34. The molecule has 2 aliphatic rings. The summed E-state index contributed by atoms with van der Waals surface area (Å²) in [5, 5.41) is 3.69. The minimum absolute atomic E-state index is 0.765. The van der Waals surface area contributed by atoms with Gasteiger partial charge < -0.3 is 5.32 Å². The molecule has 0 aromatic rings. The highest BCUT2D eigenvalue weighted by Gasteiger charge is 2.19. The molecule has 1 saturated carbocycles. The van der Waals surface area contributed by atoms with Crippen molar-refractivity contribution in [1.29, 1.82) is 0 Å². The van der Waals surface area contributed by atoms with Crippen molar-refractivity contribution in [2.24, 2.45) is 5.92 Å². The average molecular weight is 281 g/mol. The lowest BCUT2D eigenvalue weighted by Crippen LogP contribution is -2.50. The van der Waals surface area contributed by atoms with Crippen LogP contribution in [0.3, 0.4) is 0 Å². The fraction of sp³-hybridized carbons (Fsp3) is 1.00. The van der Waals surface area contributed by atoms with Gasteiger partial charge in [-0.25, -0.2) is 0 Å². The summed E-state index contributed by atoms with van der Waals surface area (Å²) in [5.41, 5.74) is 0. The van der Waals surface area contributed by atoms with Crippen LogP contribution in [-0.4, -0.2) is 61.7 Å². The fourth-order valence-corrected chi connectivity index (χ4v) is 3.62. The quantitative estimate of drug-likeness (QED) is 0.724. The van der Waals surface area contributed by atoms with Crippen molar-refractivity contribution in [3.63, 3.8) is 0 Å². The SMILES string of the molecule is CCC(C)N1CCN(CCNCC2CCCCC2)CC1. The maximum absolute atomic E-state index is 3.69. The summed E-state index contributed by atoms with van der Waals surface area (Å²) in [6.07, 6.45) is 8.59. The fourth-order valence-electron chi connectivity index (χ4n) is 3.62. The Kier molecular flexibility index (Phi) is 7.32. The summed E-state index contributed by atoms with van der Waals surface area (Å²) in [4.78, 5) is 5.28. The zero-order chi connectivity index (χ0) is 14.2. The molecule has 1 unspecified atom stereocenters. The first-order chi connectivity index (χ1) is 9.79. The van der Waals surface area contributed by atoms with Gasteiger partial charge in [-0.05, 0) is 38.6 Å². The van der Waals surface area contributed by atoms with Crippen LogP contribution >= 0.6 is 0 Å². The molecule has 0 radical (unpaired) electrons. The van der Waals surface area contributed by atoms with Crippen LogP contribution in [0, 0.1) is 5.92 Å². The Hall–Kier alpha value is -0.120. The Bertz CT molecular complexity index is 243. The molecule has 118 valence electrons. The summed E-state index contributed by atoms with van der Waals surface area (Å²) < 4.78 is 0. The second-order valence-corrected chi connectivity index (χ2v) is 6.84. The zero-order valence-corrected chi connectivity index (χ0v) is 13.7. The lowest BCUT2D eigenvalue weighted by Gasteiger charge is -2.37. The minimum atomic E-state index is 0.765. The number of rotatable bonds is 7. The van der Waals surface area contributed by atoms with E-state index in [0.717, 1.165) is 12.0 Å². The van der Waals surface area contributed by atoms with Gasteiger partial charge in [0, 0.05) is 45.3 Å². The van der Waals surface area contributed by atoms with Gasteiger partial charge in [-0.1, -0.05) is 26.2 Å². The van der Waals surface area contributed by atoms with Crippen molar-refractivity contribution in [1.82, 2.24) is 15.1 Å².